The molecule has 0 aliphatic rings. The number of benzene rings is 2. The Bertz CT molecular complexity index is 1760. The second-order valence-electron chi connectivity index (χ2n) is 8.11. The Morgan fingerprint density at radius 3 is 2.54 bits per heavy atom. The zero-order valence-corrected chi connectivity index (χ0v) is 20.3. The van der Waals surface area contributed by atoms with Gasteiger partial charge in [-0.1, -0.05) is 12.1 Å². The number of aromatic nitrogens is 4. The van der Waals surface area contributed by atoms with E-state index in [1.165, 1.54) is 24.2 Å². The Balaban J connectivity index is 1.52. The quantitative estimate of drug-likeness (QED) is 0.349. The second-order valence-corrected chi connectivity index (χ2v) is 9.79. The van der Waals surface area contributed by atoms with Crippen LogP contribution in [0.1, 0.15) is 5.56 Å². The summed E-state index contributed by atoms with van der Waals surface area (Å²) in [6.07, 6.45) is 6.35. The third-order valence-corrected chi connectivity index (χ3v) is 7.03. The first-order chi connectivity index (χ1) is 17.8. The van der Waals surface area contributed by atoms with E-state index in [9.17, 15) is 17.6 Å². The van der Waals surface area contributed by atoms with Gasteiger partial charge in [-0.25, -0.2) is 22.8 Å². The Kier molecular flexibility index (Phi) is 6.36. The third kappa shape index (κ3) is 5.02. The minimum atomic E-state index is -4.04. The highest BCUT2D eigenvalue weighted by molar-refractivity contribution is 7.92. The Morgan fingerprint density at radius 1 is 1.00 bits per heavy atom. The maximum Gasteiger partial charge on any atom is 0.262 e. The molecule has 3 aromatic heterocycles. The lowest BCUT2D eigenvalue weighted by Gasteiger charge is -2.13. The van der Waals surface area contributed by atoms with Crippen LogP contribution in [-0.2, 0) is 16.6 Å². The third-order valence-electron chi connectivity index (χ3n) is 5.65. The zero-order chi connectivity index (χ0) is 26.0. The molecule has 0 amide bonds. The van der Waals surface area contributed by atoms with E-state index in [0.717, 1.165) is 29.8 Å². The SMILES string of the molecule is COc1ncc(-c2ccc3ncn(Cc4cccnc4)c(=O)c3c2)cc1NS(=O)(=O)c1ccc(F)cc1. The summed E-state index contributed by atoms with van der Waals surface area (Å²) in [5, 5.41) is 0.396. The summed E-state index contributed by atoms with van der Waals surface area (Å²) in [5.74, 6) is -0.499. The number of hydrogen-bond acceptors (Lipinski definition) is 7. The van der Waals surface area contributed by atoms with E-state index in [2.05, 4.69) is 19.7 Å². The summed E-state index contributed by atoms with van der Waals surface area (Å²) in [6, 6.07) is 14.8. The number of fused-ring (bicyclic) bond motifs is 1. The fraction of sp³-hybridized carbons (Fsp3) is 0.0769. The first kappa shape index (κ1) is 24.1. The monoisotopic (exact) mass is 517 g/mol. The van der Waals surface area contributed by atoms with Crippen LogP contribution in [0.2, 0.25) is 0 Å². The van der Waals surface area contributed by atoms with Crippen molar-refractivity contribution in [2.45, 2.75) is 11.4 Å². The van der Waals surface area contributed by atoms with Crippen LogP contribution in [0.25, 0.3) is 22.0 Å². The van der Waals surface area contributed by atoms with E-state index < -0.39 is 15.8 Å². The van der Waals surface area contributed by atoms with E-state index in [0.29, 0.717) is 28.6 Å². The average Bonchev–Trinajstić information content (AvgIpc) is 2.91. The van der Waals surface area contributed by atoms with E-state index in [1.807, 2.05) is 6.07 Å². The van der Waals surface area contributed by atoms with Crippen molar-refractivity contribution in [1.29, 1.82) is 0 Å². The van der Waals surface area contributed by atoms with E-state index >= 15 is 0 Å². The Morgan fingerprint density at radius 2 is 1.81 bits per heavy atom. The van der Waals surface area contributed by atoms with Gasteiger partial charge in [0.1, 0.15) is 11.5 Å². The van der Waals surface area contributed by atoms with Crippen molar-refractivity contribution in [3.05, 3.63) is 107 Å². The normalized spacial score (nSPS) is 11.4. The van der Waals surface area contributed by atoms with Crippen LogP contribution in [-0.4, -0.2) is 35.0 Å². The lowest BCUT2D eigenvalue weighted by molar-refractivity contribution is 0.400. The van der Waals surface area contributed by atoms with Gasteiger partial charge in [-0.2, -0.15) is 0 Å². The number of sulfonamides is 1. The van der Waals surface area contributed by atoms with Gasteiger partial charge in [0, 0.05) is 24.2 Å². The van der Waals surface area contributed by atoms with Gasteiger partial charge < -0.3 is 4.74 Å². The Hall–Kier alpha value is -4.64. The van der Waals surface area contributed by atoms with Crippen LogP contribution < -0.4 is 15.0 Å². The van der Waals surface area contributed by atoms with Crippen molar-refractivity contribution in [1.82, 2.24) is 19.5 Å². The van der Waals surface area contributed by atoms with E-state index in [1.54, 1.807) is 42.7 Å². The molecule has 2 aromatic carbocycles. The summed E-state index contributed by atoms with van der Waals surface area (Å²) < 4.78 is 48.2. The molecule has 0 saturated carbocycles. The van der Waals surface area contributed by atoms with Crippen LogP contribution in [0.15, 0.2) is 95.3 Å². The number of nitrogens with one attached hydrogen (secondary N) is 1. The fourth-order valence-corrected chi connectivity index (χ4v) is 4.85. The minimum Gasteiger partial charge on any atom is -0.480 e. The molecule has 0 radical (unpaired) electrons. The van der Waals surface area contributed by atoms with Crippen LogP contribution in [0, 0.1) is 5.82 Å². The van der Waals surface area contributed by atoms with Crippen molar-refractivity contribution < 1.29 is 17.5 Å². The van der Waals surface area contributed by atoms with Gasteiger partial charge in [-0.3, -0.25) is 19.1 Å². The van der Waals surface area contributed by atoms with Gasteiger partial charge >= 0.3 is 0 Å². The smallest absolute Gasteiger partial charge is 0.262 e. The van der Waals surface area contributed by atoms with Gasteiger partial charge in [-0.15, -0.1) is 0 Å². The van der Waals surface area contributed by atoms with Crippen molar-refractivity contribution >= 4 is 26.6 Å². The van der Waals surface area contributed by atoms with Crippen molar-refractivity contribution in [3.8, 4) is 17.0 Å². The predicted molar refractivity (Wildman–Crippen MR) is 136 cm³/mol. The molecule has 0 aliphatic carbocycles. The molecule has 186 valence electrons. The molecule has 0 aliphatic heterocycles. The lowest BCUT2D eigenvalue weighted by atomic mass is 10.1. The molecular formula is C26H20FN5O4S. The summed E-state index contributed by atoms with van der Waals surface area (Å²) in [7, 11) is -2.68. The van der Waals surface area contributed by atoms with Crippen LogP contribution >= 0.6 is 0 Å². The van der Waals surface area contributed by atoms with Crippen LogP contribution in [0.4, 0.5) is 10.1 Å². The highest BCUT2D eigenvalue weighted by atomic mass is 32.2. The maximum atomic E-state index is 13.3. The molecule has 5 aromatic rings. The number of methoxy groups -OCH3 is 1. The second kappa shape index (κ2) is 9.78. The molecule has 0 bridgehead atoms. The van der Waals surface area contributed by atoms with Crippen LogP contribution in [0.5, 0.6) is 5.88 Å². The van der Waals surface area contributed by atoms with Gasteiger partial charge in [0.15, 0.2) is 0 Å². The summed E-state index contributed by atoms with van der Waals surface area (Å²) >= 11 is 0. The molecule has 0 spiro atoms. The van der Waals surface area contributed by atoms with Gasteiger partial charge in [0.05, 0.1) is 35.8 Å². The molecule has 5 rings (SSSR count). The standard InChI is InChI=1S/C26H20FN5O4S/c1-36-25-24(31-37(34,35)21-7-5-20(27)6-8-21)12-19(14-29-25)18-4-9-23-22(11-18)26(33)32(16-30-23)15-17-3-2-10-28-13-17/h2-14,16,31H,15H2,1H3. The number of ether oxygens (including phenoxy) is 1. The van der Waals surface area contributed by atoms with Gasteiger partial charge in [0.2, 0.25) is 5.88 Å². The maximum absolute atomic E-state index is 13.3. The van der Waals surface area contributed by atoms with Crippen LogP contribution in [0.3, 0.4) is 0 Å². The van der Waals surface area contributed by atoms with E-state index in [4.69, 9.17) is 4.74 Å². The van der Waals surface area contributed by atoms with Crippen molar-refractivity contribution in [3.63, 3.8) is 0 Å². The number of pyridine rings is 2. The first-order valence-corrected chi connectivity index (χ1v) is 12.5. The highest BCUT2D eigenvalue weighted by Gasteiger charge is 2.18. The number of nitrogens with zero attached hydrogens (tertiary/aromatic N) is 4. The molecule has 0 saturated heterocycles. The molecule has 11 heteroatoms. The molecule has 0 fully saturated rings. The molecular weight excluding hydrogens is 497 g/mol. The summed E-state index contributed by atoms with van der Waals surface area (Å²) in [4.78, 5) is 25.8. The van der Waals surface area contributed by atoms with Gasteiger partial charge in [0.25, 0.3) is 15.6 Å². The Labute approximate surface area is 211 Å². The molecule has 0 unspecified atom stereocenters. The van der Waals surface area contributed by atoms with Gasteiger partial charge in [-0.05, 0) is 59.7 Å². The molecule has 1 N–H and O–H groups in total. The number of anilines is 1. The van der Waals surface area contributed by atoms with Crippen molar-refractivity contribution in [2.75, 3.05) is 11.8 Å². The van der Waals surface area contributed by atoms with E-state index in [-0.39, 0.29) is 22.0 Å². The fourth-order valence-electron chi connectivity index (χ4n) is 3.80. The predicted octanol–water partition coefficient (Wildman–Crippen LogP) is 3.85. The number of halogens is 1. The molecule has 0 atom stereocenters. The molecule has 9 nitrogen and oxygen atoms in total. The molecule has 3 heterocycles. The topological polar surface area (TPSA) is 116 Å². The number of hydrogen-bond donors (Lipinski definition) is 1. The van der Waals surface area contributed by atoms with Crippen molar-refractivity contribution in [2.24, 2.45) is 0 Å². The zero-order valence-electron chi connectivity index (χ0n) is 19.5. The first-order valence-electron chi connectivity index (χ1n) is 11.0. The number of rotatable bonds is 7. The highest BCUT2D eigenvalue weighted by Crippen LogP contribution is 2.31. The summed E-state index contributed by atoms with van der Waals surface area (Å²) in [6.45, 7) is 0.319. The molecule has 37 heavy (non-hydrogen) atoms. The summed E-state index contributed by atoms with van der Waals surface area (Å²) in [5.41, 5.74) is 2.41. The lowest BCUT2D eigenvalue weighted by Crippen LogP contribution is -2.21. The average molecular weight is 518 g/mol. The minimum absolute atomic E-state index is 0.0516. The largest absolute Gasteiger partial charge is 0.480 e.